The lowest BCUT2D eigenvalue weighted by atomic mass is 10.1. The lowest BCUT2D eigenvalue weighted by molar-refractivity contribution is 0.406. The van der Waals surface area contributed by atoms with Gasteiger partial charge in [-0.2, -0.15) is 5.10 Å². The number of anilines is 1. The number of hydrogen-bond donors (Lipinski definition) is 1. The number of hydrogen-bond acceptors (Lipinski definition) is 4. The van der Waals surface area contributed by atoms with E-state index in [1.807, 2.05) is 32.0 Å². The Morgan fingerprint density at radius 1 is 1.35 bits per heavy atom. The van der Waals surface area contributed by atoms with Crippen LogP contribution < -0.4 is 15.6 Å². The third-order valence-corrected chi connectivity index (χ3v) is 3.01. The lowest BCUT2D eigenvalue weighted by Gasteiger charge is -2.11. The molecule has 2 aromatic rings. The van der Waals surface area contributed by atoms with Crippen LogP contribution in [0, 0.1) is 6.92 Å². The fourth-order valence-corrected chi connectivity index (χ4v) is 2.05. The van der Waals surface area contributed by atoms with Crippen molar-refractivity contribution in [3.05, 3.63) is 51.9 Å². The molecule has 0 aliphatic rings. The molecule has 1 aromatic carbocycles. The van der Waals surface area contributed by atoms with E-state index in [1.54, 1.807) is 19.4 Å². The zero-order chi connectivity index (χ0) is 14.5. The first-order valence-electron chi connectivity index (χ1n) is 6.58. The highest BCUT2D eigenvalue weighted by atomic mass is 16.5. The quantitative estimate of drug-likeness (QED) is 0.905. The second-order valence-electron chi connectivity index (χ2n) is 4.59. The highest BCUT2D eigenvalue weighted by molar-refractivity contribution is 5.39. The van der Waals surface area contributed by atoms with Gasteiger partial charge in [-0.3, -0.25) is 4.79 Å². The fraction of sp³-hybridized carbons (Fsp3) is 0.333. The first-order valence-corrected chi connectivity index (χ1v) is 6.58. The van der Waals surface area contributed by atoms with Crippen molar-refractivity contribution in [2.75, 3.05) is 19.0 Å². The molecule has 0 amide bonds. The van der Waals surface area contributed by atoms with Gasteiger partial charge >= 0.3 is 0 Å². The van der Waals surface area contributed by atoms with E-state index >= 15 is 0 Å². The van der Waals surface area contributed by atoms with Gasteiger partial charge in [0.1, 0.15) is 5.75 Å². The molecule has 0 atom stereocenters. The van der Waals surface area contributed by atoms with Gasteiger partial charge in [-0.05, 0) is 19.9 Å². The molecular formula is C15H19N3O2. The molecule has 5 nitrogen and oxygen atoms in total. The van der Waals surface area contributed by atoms with Gasteiger partial charge in [0.2, 0.25) is 0 Å². The maximum atomic E-state index is 12.0. The smallest absolute Gasteiger partial charge is 0.269 e. The van der Waals surface area contributed by atoms with Gasteiger partial charge in [0.05, 0.1) is 25.5 Å². The average molecular weight is 273 g/mol. The molecule has 1 heterocycles. The van der Waals surface area contributed by atoms with Gasteiger partial charge in [-0.25, -0.2) is 4.68 Å². The van der Waals surface area contributed by atoms with E-state index in [2.05, 4.69) is 10.4 Å². The van der Waals surface area contributed by atoms with Crippen molar-refractivity contribution in [1.29, 1.82) is 0 Å². The van der Waals surface area contributed by atoms with Crippen LogP contribution in [0.4, 0.5) is 5.69 Å². The maximum absolute atomic E-state index is 12.0. The Hall–Kier alpha value is -2.30. The molecular weight excluding hydrogens is 254 g/mol. The van der Waals surface area contributed by atoms with Crippen LogP contribution in [-0.2, 0) is 6.54 Å². The van der Waals surface area contributed by atoms with E-state index < -0.39 is 0 Å². The zero-order valence-corrected chi connectivity index (χ0v) is 12.0. The second kappa shape index (κ2) is 6.23. The van der Waals surface area contributed by atoms with Gasteiger partial charge in [-0.1, -0.05) is 17.7 Å². The van der Waals surface area contributed by atoms with Crippen LogP contribution in [0.5, 0.6) is 5.75 Å². The summed E-state index contributed by atoms with van der Waals surface area (Å²) in [6.07, 6.45) is 1.66. The summed E-state index contributed by atoms with van der Waals surface area (Å²) in [6.45, 7) is 5.14. The summed E-state index contributed by atoms with van der Waals surface area (Å²) in [4.78, 5) is 12.0. The van der Waals surface area contributed by atoms with E-state index in [1.165, 1.54) is 4.68 Å². The van der Waals surface area contributed by atoms with Crippen molar-refractivity contribution in [2.24, 2.45) is 0 Å². The first kappa shape index (κ1) is 14.1. The number of aryl methyl sites for hydroxylation is 1. The minimum Gasteiger partial charge on any atom is -0.496 e. The number of nitrogens with zero attached hydrogens (tertiary/aromatic N) is 2. The highest BCUT2D eigenvalue weighted by Gasteiger charge is 2.06. The van der Waals surface area contributed by atoms with Crippen molar-refractivity contribution in [2.45, 2.75) is 20.4 Å². The number of aromatic nitrogens is 2. The maximum Gasteiger partial charge on any atom is 0.269 e. The Morgan fingerprint density at radius 3 is 2.80 bits per heavy atom. The predicted molar refractivity (Wildman–Crippen MR) is 79.5 cm³/mol. The van der Waals surface area contributed by atoms with Gasteiger partial charge in [0.15, 0.2) is 0 Å². The van der Waals surface area contributed by atoms with Crippen LogP contribution >= 0.6 is 0 Å². The standard InChI is InChI=1S/C15H19N3O2/c1-4-16-13-8-15(19)18(17-9-13)10-12-7-11(2)5-6-14(12)20-3/h5-9,16H,4,10H2,1-3H3. The van der Waals surface area contributed by atoms with Crippen LogP contribution in [0.15, 0.2) is 35.3 Å². The molecule has 106 valence electrons. The predicted octanol–water partition coefficient (Wildman–Crippen LogP) is 2.04. The molecule has 0 saturated carbocycles. The van der Waals surface area contributed by atoms with E-state index in [0.717, 1.165) is 29.1 Å². The molecule has 1 aromatic heterocycles. The number of methoxy groups -OCH3 is 1. The Labute approximate surface area is 118 Å². The van der Waals surface area contributed by atoms with Crippen LogP contribution in [0.2, 0.25) is 0 Å². The number of rotatable bonds is 5. The second-order valence-corrected chi connectivity index (χ2v) is 4.59. The SMILES string of the molecule is CCNc1cnn(Cc2cc(C)ccc2OC)c(=O)c1. The van der Waals surface area contributed by atoms with Crippen molar-refractivity contribution in [1.82, 2.24) is 9.78 Å². The normalized spacial score (nSPS) is 10.3. The zero-order valence-electron chi connectivity index (χ0n) is 12.0. The molecule has 0 spiro atoms. The molecule has 20 heavy (non-hydrogen) atoms. The van der Waals surface area contributed by atoms with Gasteiger partial charge in [-0.15, -0.1) is 0 Å². The molecule has 0 radical (unpaired) electrons. The Bertz CT molecular complexity index is 650. The number of benzene rings is 1. The summed E-state index contributed by atoms with van der Waals surface area (Å²) in [7, 11) is 1.62. The fourth-order valence-electron chi connectivity index (χ4n) is 2.05. The summed E-state index contributed by atoms with van der Waals surface area (Å²) >= 11 is 0. The summed E-state index contributed by atoms with van der Waals surface area (Å²) in [5, 5.41) is 7.25. The molecule has 0 aliphatic carbocycles. The van der Waals surface area contributed by atoms with Crippen molar-refractivity contribution >= 4 is 5.69 Å². The lowest BCUT2D eigenvalue weighted by Crippen LogP contribution is -2.23. The third-order valence-electron chi connectivity index (χ3n) is 3.01. The Kier molecular flexibility index (Phi) is 4.40. The topological polar surface area (TPSA) is 56.1 Å². The Balaban J connectivity index is 2.30. The van der Waals surface area contributed by atoms with E-state index in [9.17, 15) is 4.79 Å². The summed E-state index contributed by atoms with van der Waals surface area (Å²) in [6, 6.07) is 7.44. The number of nitrogens with one attached hydrogen (secondary N) is 1. The summed E-state index contributed by atoms with van der Waals surface area (Å²) in [5.74, 6) is 0.764. The number of ether oxygens (including phenoxy) is 1. The highest BCUT2D eigenvalue weighted by Crippen LogP contribution is 2.20. The van der Waals surface area contributed by atoms with Crippen LogP contribution in [0.1, 0.15) is 18.1 Å². The van der Waals surface area contributed by atoms with Crippen LogP contribution in [0.25, 0.3) is 0 Å². The summed E-state index contributed by atoms with van der Waals surface area (Å²) < 4.78 is 6.75. The molecule has 0 fully saturated rings. The molecule has 0 unspecified atom stereocenters. The monoisotopic (exact) mass is 273 g/mol. The van der Waals surface area contributed by atoms with Gasteiger partial charge < -0.3 is 10.1 Å². The third kappa shape index (κ3) is 3.17. The van der Waals surface area contributed by atoms with Crippen LogP contribution in [0.3, 0.4) is 0 Å². The Morgan fingerprint density at radius 2 is 2.15 bits per heavy atom. The van der Waals surface area contributed by atoms with Gasteiger partial charge in [0, 0.05) is 18.2 Å². The molecule has 0 bridgehead atoms. The minimum absolute atomic E-state index is 0.132. The largest absolute Gasteiger partial charge is 0.496 e. The minimum atomic E-state index is -0.132. The van der Waals surface area contributed by atoms with Gasteiger partial charge in [0.25, 0.3) is 5.56 Å². The average Bonchev–Trinajstić information content (AvgIpc) is 2.42. The molecule has 2 rings (SSSR count). The molecule has 5 heteroatoms. The van der Waals surface area contributed by atoms with Crippen molar-refractivity contribution in [3.63, 3.8) is 0 Å². The first-order chi connectivity index (χ1) is 9.63. The molecule has 0 aliphatic heterocycles. The van der Waals surface area contributed by atoms with E-state index in [4.69, 9.17) is 4.74 Å². The molecule has 1 N–H and O–H groups in total. The van der Waals surface area contributed by atoms with Crippen molar-refractivity contribution in [3.8, 4) is 5.75 Å². The molecule has 0 saturated heterocycles. The van der Waals surface area contributed by atoms with Crippen molar-refractivity contribution < 1.29 is 4.74 Å². The van der Waals surface area contributed by atoms with E-state index in [-0.39, 0.29) is 5.56 Å². The van der Waals surface area contributed by atoms with E-state index in [0.29, 0.717) is 6.54 Å². The van der Waals surface area contributed by atoms with Crippen LogP contribution in [-0.4, -0.2) is 23.4 Å². The summed E-state index contributed by atoms with van der Waals surface area (Å²) in [5.41, 5.74) is 2.67.